The molecule has 10 heteroatoms. The van der Waals surface area contributed by atoms with E-state index in [9.17, 15) is 13.6 Å². The van der Waals surface area contributed by atoms with E-state index < -0.39 is 23.0 Å². The lowest BCUT2D eigenvalue weighted by Crippen LogP contribution is -2.48. The fourth-order valence-electron chi connectivity index (χ4n) is 4.59. The molecule has 0 spiro atoms. The second kappa shape index (κ2) is 8.46. The number of nitrogens with zero attached hydrogens (tertiary/aromatic N) is 4. The van der Waals surface area contributed by atoms with Gasteiger partial charge >= 0.3 is 0 Å². The molecule has 0 bridgehead atoms. The summed E-state index contributed by atoms with van der Waals surface area (Å²) in [5, 5.41) is 3.68. The van der Waals surface area contributed by atoms with Crippen molar-refractivity contribution >= 4 is 36.8 Å². The molecule has 2 radical (unpaired) electrons. The number of halogens is 2. The van der Waals surface area contributed by atoms with Crippen LogP contribution in [0, 0.1) is 5.92 Å². The summed E-state index contributed by atoms with van der Waals surface area (Å²) in [5.41, 5.74) is -1.40. The van der Waals surface area contributed by atoms with E-state index in [0.29, 0.717) is 17.0 Å². The number of alkyl halides is 2. The number of hydrogen-bond donors (Lipinski definition) is 1. The van der Waals surface area contributed by atoms with Crippen molar-refractivity contribution in [2.24, 2.45) is 5.92 Å². The van der Waals surface area contributed by atoms with Crippen molar-refractivity contribution < 1.29 is 8.78 Å². The minimum atomic E-state index is -2.84. The van der Waals surface area contributed by atoms with E-state index in [0.717, 1.165) is 45.2 Å². The summed E-state index contributed by atoms with van der Waals surface area (Å²) < 4.78 is 30.8. The minimum absolute atomic E-state index is 0.141. The molecule has 1 N–H and O–H groups in total. The average Bonchev–Trinajstić information content (AvgIpc) is 3.13. The zero-order chi connectivity index (χ0) is 21.5. The van der Waals surface area contributed by atoms with Gasteiger partial charge in [-0.05, 0) is 43.9 Å². The summed E-state index contributed by atoms with van der Waals surface area (Å²) in [6.45, 7) is 3.75. The van der Waals surface area contributed by atoms with E-state index in [1.54, 1.807) is 11.9 Å². The Bertz CT molecular complexity index is 980. The molecule has 2 aromatic rings. The van der Waals surface area contributed by atoms with Crippen molar-refractivity contribution in [3.8, 4) is 0 Å². The maximum atomic E-state index is 13.5. The van der Waals surface area contributed by atoms with Crippen LogP contribution in [0.25, 0.3) is 11.0 Å². The van der Waals surface area contributed by atoms with Gasteiger partial charge in [-0.3, -0.25) is 13.7 Å². The monoisotopic (exact) mass is 433 g/mol. The van der Waals surface area contributed by atoms with E-state index in [4.69, 9.17) is 7.85 Å². The molecule has 30 heavy (non-hydrogen) atoms. The van der Waals surface area contributed by atoms with Crippen molar-refractivity contribution in [1.29, 1.82) is 0 Å². The maximum Gasteiger partial charge on any atom is 0.269 e. The van der Waals surface area contributed by atoms with Crippen LogP contribution in [0.1, 0.15) is 57.1 Å². The quantitative estimate of drug-likeness (QED) is 0.573. The van der Waals surface area contributed by atoms with E-state index in [1.165, 1.54) is 16.8 Å². The first-order valence-corrected chi connectivity index (χ1v) is 11.6. The number of anilines is 1. The summed E-state index contributed by atoms with van der Waals surface area (Å²) in [4.78, 5) is 21.9. The van der Waals surface area contributed by atoms with Gasteiger partial charge in [-0.1, -0.05) is 25.3 Å². The van der Waals surface area contributed by atoms with Crippen molar-refractivity contribution in [3.05, 3.63) is 28.2 Å². The number of nitrogens with one attached hydrogen (secondary N) is 1. The Kier molecular flexibility index (Phi) is 6.07. The molecule has 3 heterocycles. The normalized spacial score (nSPS) is 24.6. The standard InChI is InChI=1S/C20H26BF2N5OS/c1-12-4-3-5-15(12)28-17-13(10-14(16(22)23)18(28)29)11-24-19(25-17)26-20(21)6-8-27(30-2)9-7-20/h10-12,15-16H,3-9H2,1-2H3,(H,24,25,26). The molecule has 0 amide bonds. The summed E-state index contributed by atoms with van der Waals surface area (Å²) >= 11 is 1.70. The molecule has 6 nitrogen and oxygen atoms in total. The zero-order valence-corrected chi connectivity index (χ0v) is 18.1. The highest BCUT2D eigenvalue weighted by atomic mass is 32.2. The molecule has 0 aromatic carbocycles. The van der Waals surface area contributed by atoms with Gasteiger partial charge in [0.1, 0.15) is 13.5 Å². The number of aromatic nitrogens is 3. The predicted octanol–water partition coefficient (Wildman–Crippen LogP) is 3.74. The number of piperidine rings is 1. The second-order valence-electron chi connectivity index (χ2n) is 8.42. The van der Waals surface area contributed by atoms with E-state index in [2.05, 4.69) is 26.5 Å². The third-order valence-electron chi connectivity index (χ3n) is 6.42. The van der Waals surface area contributed by atoms with Gasteiger partial charge in [0.25, 0.3) is 12.0 Å². The lowest BCUT2D eigenvalue weighted by molar-refractivity contribution is 0.148. The van der Waals surface area contributed by atoms with Crippen LogP contribution in [-0.2, 0) is 0 Å². The van der Waals surface area contributed by atoms with Gasteiger partial charge in [0, 0.05) is 36.2 Å². The van der Waals surface area contributed by atoms with Gasteiger partial charge in [-0.25, -0.2) is 13.8 Å². The Labute approximate surface area is 180 Å². The van der Waals surface area contributed by atoms with Crippen LogP contribution in [0.3, 0.4) is 0 Å². The van der Waals surface area contributed by atoms with Gasteiger partial charge in [-0.2, -0.15) is 4.98 Å². The van der Waals surface area contributed by atoms with E-state index in [-0.39, 0.29) is 12.0 Å². The molecule has 2 atom stereocenters. The number of fused-ring (bicyclic) bond motifs is 1. The third kappa shape index (κ3) is 4.08. The molecule has 2 unspecified atom stereocenters. The Morgan fingerprint density at radius 3 is 2.67 bits per heavy atom. The molecule has 4 rings (SSSR count). The van der Waals surface area contributed by atoms with Crippen molar-refractivity contribution in [1.82, 2.24) is 18.8 Å². The smallest absolute Gasteiger partial charge is 0.269 e. The van der Waals surface area contributed by atoms with Gasteiger partial charge in [0.15, 0.2) is 0 Å². The minimum Gasteiger partial charge on any atom is -0.357 e. The largest absolute Gasteiger partial charge is 0.357 e. The first-order chi connectivity index (χ1) is 14.3. The summed E-state index contributed by atoms with van der Waals surface area (Å²) in [7, 11) is 6.53. The molecular weight excluding hydrogens is 407 g/mol. The lowest BCUT2D eigenvalue weighted by Gasteiger charge is -2.39. The second-order valence-corrected chi connectivity index (χ2v) is 9.30. The first kappa shape index (κ1) is 21.6. The van der Waals surface area contributed by atoms with Crippen LogP contribution in [0.2, 0.25) is 0 Å². The summed E-state index contributed by atoms with van der Waals surface area (Å²) in [5.74, 6) is 0.549. The van der Waals surface area contributed by atoms with E-state index >= 15 is 0 Å². The molecule has 2 aliphatic rings. The highest BCUT2D eigenvalue weighted by Gasteiger charge is 2.32. The molecule has 160 valence electrons. The van der Waals surface area contributed by atoms with Crippen LogP contribution in [0.5, 0.6) is 0 Å². The first-order valence-electron chi connectivity index (χ1n) is 10.4. The Hall–Kier alpha value is -1.68. The van der Waals surface area contributed by atoms with Crippen LogP contribution in [0.4, 0.5) is 14.7 Å². The predicted molar refractivity (Wildman–Crippen MR) is 117 cm³/mol. The van der Waals surface area contributed by atoms with Crippen molar-refractivity contribution in [2.45, 2.75) is 56.9 Å². The molecule has 2 fully saturated rings. The molecule has 1 aliphatic heterocycles. The van der Waals surface area contributed by atoms with Crippen molar-refractivity contribution in [3.63, 3.8) is 0 Å². The topological polar surface area (TPSA) is 63.1 Å². The third-order valence-corrected chi connectivity index (χ3v) is 7.30. The molecule has 1 aliphatic carbocycles. The van der Waals surface area contributed by atoms with Gasteiger partial charge in [-0.15, -0.1) is 0 Å². The van der Waals surface area contributed by atoms with Crippen LogP contribution in [-0.4, -0.2) is 51.5 Å². The molecular formula is C20H26BF2N5OS. The SMILES string of the molecule is [B]C1(Nc2ncc3cc(C(F)F)c(=O)n(C4CCCC4C)c3n2)CCN(SC)CC1. The van der Waals surface area contributed by atoms with Gasteiger partial charge in [0.2, 0.25) is 5.95 Å². The molecule has 1 saturated carbocycles. The fraction of sp³-hybridized carbons (Fsp3) is 0.650. The summed E-state index contributed by atoms with van der Waals surface area (Å²) in [6, 6.07) is 1.08. The highest BCUT2D eigenvalue weighted by Crippen LogP contribution is 2.36. The van der Waals surface area contributed by atoms with Crippen LogP contribution >= 0.6 is 11.9 Å². The van der Waals surface area contributed by atoms with Gasteiger partial charge in [0.05, 0.1) is 5.56 Å². The van der Waals surface area contributed by atoms with E-state index in [1.807, 2.05) is 6.26 Å². The summed E-state index contributed by atoms with van der Waals surface area (Å²) in [6.07, 6.45) is 4.88. The Morgan fingerprint density at radius 2 is 2.07 bits per heavy atom. The van der Waals surface area contributed by atoms with Gasteiger partial charge < -0.3 is 5.32 Å². The average molecular weight is 433 g/mol. The number of pyridine rings is 1. The fourth-order valence-corrected chi connectivity index (χ4v) is 5.14. The number of rotatable bonds is 5. The zero-order valence-electron chi connectivity index (χ0n) is 17.3. The Balaban J connectivity index is 1.74. The highest BCUT2D eigenvalue weighted by molar-refractivity contribution is 7.96. The lowest BCUT2D eigenvalue weighted by atomic mass is 9.71. The van der Waals surface area contributed by atoms with Crippen LogP contribution in [0.15, 0.2) is 17.1 Å². The maximum absolute atomic E-state index is 13.5. The Morgan fingerprint density at radius 1 is 1.33 bits per heavy atom. The number of hydrogen-bond acceptors (Lipinski definition) is 6. The molecule has 1 saturated heterocycles. The van der Waals surface area contributed by atoms with Crippen molar-refractivity contribution in [2.75, 3.05) is 24.7 Å². The molecule has 2 aromatic heterocycles. The van der Waals surface area contributed by atoms with Crippen LogP contribution < -0.4 is 10.9 Å².